The molecule has 0 aromatic carbocycles. The van der Waals surface area contributed by atoms with E-state index in [1.165, 1.54) is 0 Å². The molecule has 0 N–H and O–H groups in total. The minimum atomic E-state index is -0.0410. The van der Waals surface area contributed by atoms with Crippen LogP contribution in [-0.2, 0) is 11.3 Å². The van der Waals surface area contributed by atoms with Gasteiger partial charge in [0, 0.05) is 20.6 Å². The molecule has 2 heterocycles. The van der Waals surface area contributed by atoms with E-state index in [0.717, 1.165) is 24.9 Å². The van der Waals surface area contributed by atoms with E-state index in [1.54, 1.807) is 31.1 Å². The second-order valence-electron chi connectivity index (χ2n) is 4.98. The number of hydrogen-bond acceptors (Lipinski definition) is 3. The lowest BCUT2D eigenvalue weighted by atomic mass is 10.2. The molecule has 6 heteroatoms. The van der Waals surface area contributed by atoms with Gasteiger partial charge in [-0.3, -0.25) is 9.69 Å². The lowest BCUT2D eigenvalue weighted by Crippen LogP contribution is -2.42. The maximum Gasteiger partial charge on any atom is 0.239 e. The summed E-state index contributed by atoms with van der Waals surface area (Å²) in [6.07, 6.45) is 1.94. The van der Waals surface area contributed by atoms with Gasteiger partial charge < -0.3 is 4.90 Å². The SMILES string of the molecule is CN(C)C(=O)[C@H]1CCCN1Cc1cc(Cl)nc(Cl)c1. The summed E-state index contributed by atoms with van der Waals surface area (Å²) in [5.41, 5.74) is 0.989. The van der Waals surface area contributed by atoms with Crippen LogP contribution in [0.5, 0.6) is 0 Å². The Balaban J connectivity index is 2.11. The van der Waals surface area contributed by atoms with E-state index in [9.17, 15) is 4.79 Å². The first-order valence-corrected chi connectivity index (χ1v) is 7.00. The molecule has 1 amide bonds. The maximum absolute atomic E-state index is 12.1. The predicted octanol–water partition coefficient (Wildman–Crippen LogP) is 2.44. The summed E-state index contributed by atoms with van der Waals surface area (Å²) in [5, 5.41) is 0.773. The Morgan fingerprint density at radius 1 is 1.42 bits per heavy atom. The first-order valence-electron chi connectivity index (χ1n) is 6.24. The zero-order valence-electron chi connectivity index (χ0n) is 11.1. The first kappa shape index (κ1) is 14.6. The molecule has 1 atom stereocenters. The third-order valence-corrected chi connectivity index (χ3v) is 3.69. The highest BCUT2D eigenvalue weighted by atomic mass is 35.5. The van der Waals surface area contributed by atoms with Crippen LogP contribution in [0.25, 0.3) is 0 Å². The minimum Gasteiger partial charge on any atom is -0.347 e. The summed E-state index contributed by atoms with van der Waals surface area (Å²) in [5.74, 6) is 0.156. The van der Waals surface area contributed by atoms with Crippen LogP contribution in [0.15, 0.2) is 12.1 Å². The maximum atomic E-state index is 12.1. The summed E-state index contributed by atoms with van der Waals surface area (Å²) in [6.45, 7) is 1.59. The molecule has 4 nitrogen and oxygen atoms in total. The zero-order chi connectivity index (χ0) is 14.0. The molecule has 0 aliphatic carbocycles. The summed E-state index contributed by atoms with van der Waals surface area (Å²) in [6, 6.07) is 3.55. The van der Waals surface area contributed by atoms with Crippen LogP contribution in [-0.4, -0.2) is 47.4 Å². The average Bonchev–Trinajstić information content (AvgIpc) is 2.74. The molecule has 104 valence electrons. The molecule has 1 aromatic heterocycles. The highest BCUT2D eigenvalue weighted by molar-refractivity contribution is 6.32. The second kappa shape index (κ2) is 6.07. The van der Waals surface area contributed by atoms with Crippen molar-refractivity contribution in [2.45, 2.75) is 25.4 Å². The van der Waals surface area contributed by atoms with E-state index >= 15 is 0 Å². The number of carbonyl (C=O) groups is 1. The van der Waals surface area contributed by atoms with Gasteiger partial charge in [0.25, 0.3) is 0 Å². The molecule has 1 aromatic rings. The van der Waals surface area contributed by atoms with E-state index in [-0.39, 0.29) is 11.9 Å². The van der Waals surface area contributed by atoms with Gasteiger partial charge in [0.05, 0.1) is 6.04 Å². The van der Waals surface area contributed by atoms with Crippen LogP contribution in [0, 0.1) is 0 Å². The molecule has 0 saturated carbocycles. The first-order chi connectivity index (χ1) is 8.97. The Hall–Kier alpha value is -0.840. The lowest BCUT2D eigenvalue weighted by Gasteiger charge is -2.26. The molecule has 1 fully saturated rings. The number of carbonyl (C=O) groups excluding carboxylic acids is 1. The fourth-order valence-electron chi connectivity index (χ4n) is 2.43. The summed E-state index contributed by atoms with van der Waals surface area (Å²) in [4.78, 5) is 19.8. The van der Waals surface area contributed by atoms with Crippen molar-refractivity contribution in [2.75, 3.05) is 20.6 Å². The van der Waals surface area contributed by atoms with Gasteiger partial charge in [-0.15, -0.1) is 0 Å². The largest absolute Gasteiger partial charge is 0.347 e. The quantitative estimate of drug-likeness (QED) is 0.805. The van der Waals surface area contributed by atoms with Gasteiger partial charge in [0.1, 0.15) is 10.3 Å². The van der Waals surface area contributed by atoms with Crippen molar-refractivity contribution in [1.29, 1.82) is 0 Å². The molecule has 1 aliphatic rings. The van der Waals surface area contributed by atoms with Crippen LogP contribution < -0.4 is 0 Å². The highest BCUT2D eigenvalue weighted by Crippen LogP contribution is 2.23. The third-order valence-electron chi connectivity index (χ3n) is 3.30. The van der Waals surface area contributed by atoms with Gasteiger partial charge in [-0.1, -0.05) is 23.2 Å². The molecule has 19 heavy (non-hydrogen) atoms. The number of likely N-dealkylation sites (tertiary alicyclic amines) is 1. The van der Waals surface area contributed by atoms with Crippen LogP contribution >= 0.6 is 23.2 Å². The monoisotopic (exact) mass is 301 g/mol. The van der Waals surface area contributed by atoms with Gasteiger partial charge in [-0.2, -0.15) is 0 Å². The van der Waals surface area contributed by atoms with Crippen molar-refractivity contribution in [3.05, 3.63) is 28.0 Å². The van der Waals surface area contributed by atoms with Crippen LogP contribution in [0.1, 0.15) is 18.4 Å². The highest BCUT2D eigenvalue weighted by Gasteiger charge is 2.31. The summed E-state index contributed by atoms with van der Waals surface area (Å²) < 4.78 is 0. The zero-order valence-corrected chi connectivity index (χ0v) is 12.6. The van der Waals surface area contributed by atoms with Gasteiger partial charge >= 0.3 is 0 Å². The Kier molecular flexibility index (Phi) is 4.66. The number of halogens is 2. The standard InChI is InChI=1S/C13H17Cl2N3O/c1-17(2)13(19)10-4-3-5-18(10)8-9-6-11(14)16-12(15)7-9/h6-7,10H,3-5,8H2,1-2H3/t10-/m1/s1. The Labute approximate surface area is 123 Å². The predicted molar refractivity (Wildman–Crippen MR) is 76.4 cm³/mol. The molecule has 0 spiro atoms. The molecule has 0 unspecified atom stereocenters. The lowest BCUT2D eigenvalue weighted by molar-refractivity contribution is -0.133. The number of rotatable bonds is 3. The molecule has 0 radical (unpaired) electrons. The average molecular weight is 302 g/mol. The smallest absolute Gasteiger partial charge is 0.239 e. The van der Waals surface area contributed by atoms with E-state index in [4.69, 9.17) is 23.2 Å². The van der Waals surface area contributed by atoms with Crippen molar-refractivity contribution < 1.29 is 4.79 Å². The number of hydrogen-bond donors (Lipinski definition) is 0. The normalized spacial score (nSPS) is 19.7. The molecule has 1 aliphatic heterocycles. The van der Waals surface area contributed by atoms with Crippen LogP contribution in [0.3, 0.4) is 0 Å². The summed E-state index contributed by atoms with van der Waals surface area (Å²) >= 11 is 11.8. The van der Waals surface area contributed by atoms with Gasteiger partial charge in [0.2, 0.25) is 5.91 Å². The van der Waals surface area contributed by atoms with E-state index in [1.807, 2.05) is 0 Å². The number of pyridine rings is 1. The van der Waals surface area contributed by atoms with E-state index in [0.29, 0.717) is 16.9 Å². The van der Waals surface area contributed by atoms with Crippen LogP contribution in [0.2, 0.25) is 10.3 Å². The fraction of sp³-hybridized carbons (Fsp3) is 0.538. The molecule has 0 bridgehead atoms. The van der Waals surface area contributed by atoms with Gasteiger partial charge in [-0.25, -0.2) is 4.98 Å². The van der Waals surface area contributed by atoms with Crippen molar-refractivity contribution in [2.24, 2.45) is 0 Å². The Bertz CT molecular complexity index is 459. The Morgan fingerprint density at radius 3 is 2.63 bits per heavy atom. The number of amides is 1. The Morgan fingerprint density at radius 2 is 2.05 bits per heavy atom. The number of likely N-dealkylation sites (N-methyl/N-ethyl adjacent to an activating group) is 1. The molecule has 1 saturated heterocycles. The molecular weight excluding hydrogens is 285 g/mol. The fourth-order valence-corrected chi connectivity index (χ4v) is 2.94. The summed E-state index contributed by atoms with van der Waals surface area (Å²) in [7, 11) is 3.58. The van der Waals surface area contributed by atoms with Gasteiger partial charge in [0.15, 0.2) is 0 Å². The van der Waals surface area contributed by atoms with Crippen LogP contribution in [0.4, 0.5) is 0 Å². The van der Waals surface area contributed by atoms with E-state index in [2.05, 4.69) is 9.88 Å². The second-order valence-corrected chi connectivity index (χ2v) is 5.76. The topological polar surface area (TPSA) is 36.4 Å². The van der Waals surface area contributed by atoms with E-state index < -0.39 is 0 Å². The van der Waals surface area contributed by atoms with Gasteiger partial charge in [-0.05, 0) is 37.1 Å². The number of aromatic nitrogens is 1. The third kappa shape index (κ3) is 3.59. The van der Waals surface area contributed by atoms with Crippen molar-refractivity contribution in [3.8, 4) is 0 Å². The minimum absolute atomic E-state index is 0.0410. The number of nitrogens with zero attached hydrogens (tertiary/aromatic N) is 3. The molecular formula is C13H17Cl2N3O. The van der Waals surface area contributed by atoms with Crippen molar-refractivity contribution in [1.82, 2.24) is 14.8 Å². The van der Waals surface area contributed by atoms with Crippen molar-refractivity contribution >= 4 is 29.1 Å². The van der Waals surface area contributed by atoms with Crippen molar-refractivity contribution in [3.63, 3.8) is 0 Å². The molecule has 2 rings (SSSR count).